The van der Waals surface area contributed by atoms with Crippen molar-refractivity contribution in [3.63, 3.8) is 0 Å². The Kier molecular flexibility index (Phi) is 3.64. The van der Waals surface area contributed by atoms with Gasteiger partial charge in [0.05, 0.1) is 30.1 Å². The third-order valence-corrected chi connectivity index (χ3v) is 3.73. The molecule has 1 N–H and O–H groups in total. The molecule has 0 spiro atoms. The minimum atomic E-state index is -0.0396. The van der Waals surface area contributed by atoms with Crippen LogP contribution in [-0.4, -0.2) is 22.2 Å². The van der Waals surface area contributed by atoms with E-state index in [1.54, 1.807) is 23.4 Å². The minimum absolute atomic E-state index is 0.0396. The van der Waals surface area contributed by atoms with Gasteiger partial charge in [0.1, 0.15) is 0 Å². The lowest BCUT2D eigenvalue weighted by molar-refractivity contribution is 0.0956. The molecule has 0 bridgehead atoms. The van der Waals surface area contributed by atoms with Crippen molar-refractivity contribution >= 4 is 17.2 Å². The van der Waals surface area contributed by atoms with E-state index in [4.69, 9.17) is 4.42 Å². The van der Waals surface area contributed by atoms with E-state index in [1.807, 2.05) is 29.8 Å². The zero-order valence-electron chi connectivity index (χ0n) is 10.7. The quantitative estimate of drug-likeness (QED) is 0.784. The molecule has 0 aliphatic carbocycles. The van der Waals surface area contributed by atoms with Crippen molar-refractivity contribution in [2.45, 2.75) is 6.54 Å². The fourth-order valence-corrected chi connectivity index (χ4v) is 2.48. The van der Waals surface area contributed by atoms with Crippen LogP contribution in [0.5, 0.6) is 0 Å². The molecule has 3 rings (SSSR count). The van der Waals surface area contributed by atoms with Crippen molar-refractivity contribution in [1.82, 2.24) is 15.1 Å². The number of amides is 1. The maximum Gasteiger partial charge on any atom is 0.261 e. The van der Waals surface area contributed by atoms with E-state index in [0.29, 0.717) is 13.1 Å². The molecule has 0 atom stereocenters. The van der Waals surface area contributed by atoms with E-state index in [-0.39, 0.29) is 5.91 Å². The number of carbonyl (C=O) groups excluding carboxylic acids is 1. The largest absolute Gasteiger partial charge is 0.472 e. The number of nitrogens with one attached hydrogen (secondary N) is 1. The van der Waals surface area contributed by atoms with Crippen LogP contribution in [0.2, 0.25) is 0 Å². The Morgan fingerprint density at radius 2 is 2.35 bits per heavy atom. The summed E-state index contributed by atoms with van der Waals surface area (Å²) < 4.78 is 6.84. The smallest absolute Gasteiger partial charge is 0.261 e. The number of nitrogens with zero attached hydrogens (tertiary/aromatic N) is 2. The lowest BCUT2D eigenvalue weighted by Gasteiger charge is -2.03. The highest BCUT2D eigenvalue weighted by Crippen LogP contribution is 2.18. The fraction of sp³-hybridized carbons (Fsp3) is 0.143. The van der Waals surface area contributed by atoms with Gasteiger partial charge in [-0.1, -0.05) is 6.07 Å². The van der Waals surface area contributed by atoms with E-state index in [0.717, 1.165) is 16.0 Å². The zero-order valence-corrected chi connectivity index (χ0v) is 11.5. The van der Waals surface area contributed by atoms with Crippen LogP contribution >= 0.6 is 11.3 Å². The van der Waals surface area contributed by atoms with E-state index in [1.165, 1.54) is 11.3 Å². The maximum atomic E-state index is 11.7. The maximum absolute atomic E-state index is 11.7. The zero-order chi connectivity index (χ0) is 13.8. The van der Waals surface area contributed by atoms with Crippen LogP contribution in [-0.2, 0) is 6.54 Å². The molecule has 0 saturated heterocycles. The predicted molar refractivity (Wildman–Crippen MR) is 76.6 cm³/mol. The Bertz CT molecular complexity index is 671. The van der Waals surface area contributed by atoms with Crippen LogP contribution in [0.15, 0.2) is 52.9 Å². The number of hydrogen-bond acceptors (Lipinski definition) is 4. The molecule has 0 saturated carbocycles. The molecule has 3 aromatic rings. The van der Waals surface area contributed by atoms with Gasteiger partial charge in [0.25, 0.3) is 5.91 Å². The monoisotopic (exact) mass is 287 g/mol. The van der Waals surface area contributed by atoms with E-state index in [2.05, 4.69) is 10.4 Å². The Morgan fingerprint density at radius 1 is 1.40 bits per heavy atom. The van der Waals surface area contributed by atoms with Gasteiger partial charge in [-0.05, 0) is 17.5 Å². The predicted octanol–water partition coefficient (Wildman–Crippen LogP) is 2.63. The van der Waals surface area contributed by atoms with Gasteiger partial charge in [0, 0.05) is 23.9 Å². The summed E-state index contributed by atoms with van der Waals surface area (Å²) in [6, 6.07) is 5.56. The van der Waals surface area contributed by atoms with Crippen LogP contribution in [0.3, 0.4) is 0 Å². The van der Waals surface area contributed by atoms with Gasteiger partial charge in [0.15, 0.2) is 0 Å². The fourth-order valence-electron chi connectivity index (χ4n) is 1.84. The molecule has 6 heteroatoms. The minimum Gasteiger partial charge on any atom is -0.472 e. The van der Waals surface area contributed by atoms with Crippen molar-refractivity contribution in [3.05, 3.63) is 53.4 Å². The molecule has 3 aromatic heterocycles. The molecule has 5 nitrogen and oxygen atoms in total. The second kappa shape index (κ2) is 5.75. The lowest BCUT2D eigenvalue weighted by atomic mass is 10.2. The molecule has 0 aliphatic heterocycles. The molecular formula is C14H13N3O2S. The Hall–Kier alpha value is -2.34. The summed E-state index contributed by atoms with van der Waals surface area (Å²) in [6.45, 7) is 1.18. The number of carbonyl (C=O) groups is 1. The highest BCUT2D eigenvalue weighted by Gasteiger charge is 2.06. The first-order valence-electron chi connectivity index (χ1n) is 6.19. The van der Waals surface area contributed by atoms with Crippen molar-refractivity contribution in [2.24, 2.45) is 0 Å². The first kappa shape index (κ1) is 12.7. The van der Waals surface area contributed by atoms with Gasteiger partial charge in [-0.25, -0.2) is 0 Å². The lowest BCUT2D eigenvalue weighted by Crippen LogP contribution is -2.26. The Balaban J connectivity index is 1.53. The molecule has 3 heterocycles. The molecule has 102 valence electrons. The summed E-state index contributed by atoms with van der Waals surface area (Å²) in [5.41, 5.74) is 2.00. The molecular weight excluding hydrogens is 274 g/mol. The number of thiophene rings is 1. The summed E-state index contributed by atoms with van der Waals surface area (Å²) in [7, 11) is 0. The van der Waals surface area contributed by atoms with Crippen LogP contribution in [0.1, 0.15) is 9.67 Å². The number of hydrogen-bond donors (Lipinski definition) is 1. The van der Waals surface area contributed by atoms with Crippen molar-refractivity contribution in [3.8, 4) is 11.1 Å². The number of furan rings is 1. The summed E-state index contributed by atoms with van der Waals surface area (Å²) in [4.78, 5) is 12.5. The van der Waals surface area contributed by atoms with Crippen LogP contribution in [0.4, 0.5) is 0 Å². The first-order valence-corrected chi connectivity index (χ1v) is 7.07. The van der Waals surface area contributed by atoms with Gasteiger partial charge in [-0.2, -0.15) is 5.10 Å². The van der Waals surface area contributed by atoms with Crippen molar-refractivity contribution in [2.75, 3.05) is 6.54 Å². The molecule has 1 amide bonds. The van der Waals surface area contributed by atoms with Crippen LogP contribution in [0.25, 0.3) is 11.1 Å². The molecule has 0 aromatic carbocycles. The standard InChI is InChI=1S/C14H13N3O2S/c18-14(13-2-1-7-20-13)15-4-5-17-9-12(8-16-17)11-3-6-19-10-11/h1-3,6-10H,4-5H2,(H,15,18). The van der Waals surface area contributed by atoms with E-state index >= 15 is 0 Å². The van der Waals surface area contributed by atoms with E-state index < -0.39 is 0 Å². The third-order valence-electron chi connectivity index (χ3n) is 2.86. The third kappa shape index (κ3) is 2.80. The van der Waals surface area contributed by atoms with Gasteiger partial charge < -0.3 is 9.73 Å². The van der Waals surface area contributed by atoms with Gasteiger partial charge in [0.2, 0.25) is 0 Å². The summed E-state index contributed by atoms with van der Waals surface area (Å²) >= 11 is 1.43. The molecule has 20 heavy (non-hydrogen) atoms. The van der Waals surface area contributed by atoms with Crippen LogP contribution < -0.4 is 5.32 Å². The molecule has 0 unspecified atom stereocenters. The summed E-state index contributed by atoms with van der Waals surface area (Å²) in [5, 5.41) is 9.02. The number of rotatable bonds is 5. The van der Waals surface area contributed by atoms with Gasteiger partial charge in [-0.15, -0.1) is 11.3 Å². The summed E-state index contributed by atoms with van der Waals surface area (Å²) in [6.07, 6.45) is 7.03. The SMILES string of the molecule is O=C(NCCn1cc(-c2ccoc2)cn1)c1cccs1. The van der Waals surface area contributed by atoms with Crippen molar-refractivity contribution in [1.29, 1.82) is 0 Å². The average Bonchev–Trinajstić information content (AvgIpc) is 3.20. The Morgan fingerprint density at radius 3 is 3.10 bits per heavy atom. The highest BCUT2D eigenvalue weighted by atomic mass is 32.1. The van der Waals surface area contributed by atoms with Gasteiger partial charge >= 0.3 is 0 Å². The van der Waals surface area contributed by atoms with Crippen LogP contribution in [0, 0.1) is 0 Å². The van der Waals surface area contributed by atoms with Crippen molar-refractivity contribution < 1.29 is 9.21 Å². The topological polar surface area (TPSA) is 60.1 Å². The second-order valence-electron chi connectivity index (χ2n) is 4.24. The average molecular weight is 287 g/mol. The normalized spacial score (nSPS) is 10.6. The second-order valence-corrected chi connectivity index (χ2v) is 5.19. The Labute approximate surface area is 119 Å². The number of aromatic nitrogens is 2. The highest BCUT2D eigenvalue weighted by molar-refractivity contribution is 7.12. The van der Waals surface area contributed by atoms with E-state index in [9.17, 15) is 4.79 Å². The summed E-state index contributed by atoms with van der Waals surface area (Å²) in [5.74, 6) is -0.0396. The molecule has 0 fully saturated rings. The molecule has 0 radical (unpaired) electrons. The van der Waals surface area contributed by atoms with Gasteiger partial charge in [-0.3, -0.25) is 9.48 Å². The first-order chi connectivity index (χ1) is 9.83. The molecule has 0 aliphatic rings.